The van der Waals surface area contributed by atoms with Gasteiger partial charge < -0.3 is 0 Å². The van der Waals surface area contributed by atoms with E-state index in [1.165, 1.54) is 55.4 Å². The summed E-state index contributed by atoms with van der Waals surface area (Å²) in [6.45, 7) is 9.12. The molecule has 28 heavy (non-hydrogen) atoms. The minimum absolute atomic E-state index is 0.0213. The van der Waals surface area contributed by atoms with Crippen LogP contribution in [0.15, 0.2) is 66.9 Å². The molecule has 0 N–H and O–H groups in total. The van der Waals surface area contributed by atoms with Crippen LogP contribution in [0.3, 0.4) is 0 Å². The molecule has 0 saturated heterocycles. The lowest BCUT2D eigenvalue weighted by atomic mass is 9.81. The Labute approximate surface area is 167 Å². The maximum absolute atomic E-state index is 2.45. The molecule has 0 saturated carbocycles. The van der Waals surface area contributed by atoms with Crippen LogP contribution in [0.5, 0.6) is 0 Å². The Morgan fingerprint density at radius 1 is 0.750 bits per heavy atom. The highest BCUT2D eigenvalue weighted by molar-refractivity contribution is 5.95. The second kappa shape index (κ2) is 5.78. The van der Waals surface area contributed by atoms with E-state index in [0.717, 1.165) is 0 Å². The Morgan fingerprint density at radius 2 is 1.54 bits per heavy atom. The Kier molecular flexibility index (Phi) is 3.55. The van der Waals surface area contributed by atoms with Crippen molar-refractivity contribution >= 4 is 10.8 Å². The summed E-state index contributed by atoms with van der Waals surface area (Å²) < 4.78 is 2.27. The summed E-state index contributed by atoms with van der Waals surface area (Å²) in [5.74, 6) is 0. The molecule has 0 bridgehead atoms. The minimum atomic E-state index is 0.0213. The highest BCUT2D eigenvalue weighted by Gasteiger charge is 2.36. The van der Waals surface area contributed by atoms with Crippen molar-refractivity contribution in [2.75, 3.05) is 0 Å². The lowest BCUT2D eigenvalue weighted by Gasteiger charge is -2.22. The third kappa shape index (κ3) is 2.29. The van der Waals surface area contributed by atoms with Crippen molar-refractivity contribution in [2.45, 2.75) is 33.1 Å². The van der Waals surface area contributed by atoms with Crippen LogP contribution in [-0.2, 0) is 12.5 Å². The van der Waals surface area contributed by atoms with Gasteiger partial charge in [-0.3, -0.25) is 0 Å². The third-order valence-electron chi connectivity index (χ3n) is 6.48. The molecule has 138 valence electrons. The number of benzene rings is 3. The van der Waals surface area contributed by atoms with E-state index >= 15 is 0 Å². The second-order valence-corrected chi connectivity index (χ2v) is 8.75. The van der Waals surface area contributed by atoms with Crippen LogP contribution >= 0.6 is 0 Å². The molecule has 1 nitrogen and oxygen atoms in total. The summed E-state index contributed by atoms with van der Waals surface area (Å²) in [6.07, 6.45) is 2.18. The van der Waals surface area contributed by atoms with Crippen LogP contribution in [0.1, 0.15) is 36.1 Å². The van der Waals surface area contributed by atoms with Gasteiger partial charge in [0.2, 0.25) is 5.69 Å². The number of hydrogen-bond acceptors (Lipinski definition) is 0. The molecule has 0 radical (unpaired) electrons. The molecule has 0 spiro atoms. The average Bonchev–Trinajstić information content (AvgIpc) is 2.89. The van der Waals surface area contributed by atoms with E-state index in [-0.39, 0.29) is 5.41 Å². The molecule has 0 amide bonds. The van der Waals surface area contributed by atoms with E-state index in [9.17, 15) is 0 Å². The van der Waals surface area contributed by atoms with E-state index < -0.39 is 0 Å². The predicted octanol–water partition coefficient (Wildman–Crippen LogP) is 6.25. The third-order valence-corrected chi connectivity index (χ3v) is 6.48. The van der Waals surface area contributed by atoms with Gasteiger partial charge in [0.1, 0.15) is 7.05 Å². The minimum Gasteiger partial charge on any atom is -0.200 e. The number of rotatable bonds is 1. The zero-order valence-electron chi connectivity index (χ0n) is 17.3. The van der Waals surface area contributed by atoms with Crippen LogP contribution < -0.4 is 4.57 Å². The SMILES string of the molecule is Cc1ccc2cc[n+](C)c(-c3cc4c(cc3C)-c3ccccc3C4(C)C)c2c1. The standard InChI is InChI=1S/C27H26N/c1-17-10-11-19-12-13-28(5)26(22(19)14-17)21-16-25-23(15-18(21)2)20-8-6-7-9-24(20)27(25,3)4/h6-16H,1-5H3/q+1. The summed E-state index contributed by atoms with van der Waals surface area (Å²) in [5.41, 5.74) is 10.9. The number of aromatic nitrogens is 1. The molecule has 1 aliphatic carbocycles. The molecule has 0 fully saturated rings. The first-order valence-corrected chi connectivity index (χ1v) is 10.0. The van der Waals surface area contributed by atoms with E-state index in [1.807, 2.05) is 0 Å². The molecular formula is C27H26N+. The first kappa shape index (κ1) is 17.2. The normalized spacial score (nSPS) is 14.2. The Balaban J connectivity index is 1.84. The first-order chi connectivity index (χ1) is 13.4. The van der Waals surface area contributed by atoms with Crippen LogP contribution in [0.4, 0.5) is 0 Å². The van der Waals surface area contributed by atoms with Gasteiger partial charge in [0, 0.05) is 11.5 Å². The van der Waals surface area contributed by atoms with Crippen LogP contribution in [-0.4, -0.2) is 0 Å². The molecule has 1 aromatic heterocycles. The Bertz CT molecular complexity index is 1260. The maximum atomic E-state index is 2.45. The van der Waals surface area contributed by atoms with Gasteiger partial charge in [-0.05, 0) is 59.2 Å². The lowest BCUT2D eigenvalue weighted by Crippen LogP contribution is -2.31. The summed E-state index contributed by atoms with van der Waals surface area (Å²) in [4.78, 5) is 0. The number of aryl methyl sites for hydroxylation is 3. The van der Waals surface area contributed by atoms with Crippen molar-refractivity contribution < 1.29 is 4.57 Å². The maximum Gasteiger partial charge on any atom is 0.220 e. The number of fused-ring (bicyclic) bond motifs is 4. The van der Waals surface area contributed by atoms with Crippen molar-refractivity contribution in [3.05, 3.63) is 89.1 Å². The van der Waals surface area contributed by atoms with Gasteiger partial charge in [-0.15, -0.1) is 0 Å². The van der Waals surface area contributed by atoms with E-state index in [2.05, 4.69) is 106 Å². The highest BCUT2D eigenvalue weighted by Crippen LogP contribution is 2.50. The van der Waals surface area contributed by atoms with Gasteiger partial charge in [-0.25, -0.2) is 4.57 Å². The van der Waals surface area contributed by atoms with Crippen molar-refractivity contribution in [1.29, 1.82) is 0 Å². The highest BCUT2D eigenvalue weighted by atomic mass is 14.9. The molecule has 0 aliphatic heterocycles. The molecule has 0 atom stereocenters. The number of hydrogen-bond donors (Lipinski definition) is 0. The zero-order valence-corrected chi connectivity index (χ0v) is 17.3. The molecule has 0 unspecified atom stereocenters. The monoisotopic (exact) mass is 364 g/mol. The van der Waals surface area contributed by atoms with Crippen LogP contribution in [0.2, 0.25) is 0 Å². The van der Waals surface area contributed by atoms with Gasteiger partial charge in [-0.2, -0.15) is 0 Å². The Morgan fingerprint density at radius 3 is 2.36 bits per heavy atom. The van der Waals surface area contributed by atoms with Crippen molar-refractivity contribution in [3.63, 3.8) is 0 Å². The van der Waals surface area contributed by atoms with Crippen LogP contribution in [0, 0.1) is 13.8 Å². The fourth-order valence-electron chi connectivity index (χ4n) is 4.92. The topological polar surface area (TPSA) is 3.88 Å². The number of pyridine rings is 1. The largest absolute Gasteiger partial charge is 0.220 e. The second-order valence-electron chi connectivity index (χ2n) is 8.75. The fourth-order valence-corrected chi connectivity index (χ4v) is 4.92. The summed E-state index contributed by atoms with van der Waals surface area (Å²) in [6, 6.07) is 22.7. The lowest BCUT2D eigenvalue weighted by molar-refractivity contribution is -0.659. The van der Waals surface area contributed by atoms with Crippen molar-refractivity contribution in [1.82, 2.24) is 0 Å². The Hall–Kier alpha value is -2.93. The molecular weight excluding hydrogens is 338 g/mol. The van der Waals surface area contributed by atoms with Gasteiger partial charge in [0.15, 0.2) is 6.20 Å². The first-order valence-electron chi connectivity index (χ1n) is 10.0. The molecule has 3 aromatic carbocycles. The molecule has 1 heterocycles. The average molecular weight is 365 g/mol. The van der Waals surface area contributed by atoms with Crippen LogP contribution in [0.25, 0.3) is 33.2 Å². The van der Waals surface area contributed by atoms with E-state index in [1.54, 1.807) is 0 Å². The molecule has 5 rings (SSSR count). The van der Waals surface area contributed by atoms with Crippen molar-refractivity contribution in [2.24, 2.45) is 7.05 Å². The summed E-state index contributed by atoms with van der Waals surface area (Å²) in [7, 11) is 2.16. The summed E-state index contributed by atoms with van der Waals surface area (Å²) >= 11 is 0. The predicted molar refractivity (Wildman–Crippen MR) is 118 cm³/mol. The molecule has 1 heteroatoms. The fraction of sp³-hybridized carbons (Fsp3) is 0.222. The molecule has 1 aliphatic rings. The van der Waals surface area contributed by atoms with Gasteiger partial charge in [0.25, 0.3) is 0 Å². The quantitative estimate of drug-likeness (QED) is 0.351. The van der Waals surface area contributed by atoms with E-state index in [4.69, 9.17) is 0 Å². The summed E-state index contributed by atoms with van der Waals surface area (Å²) in [5, 5.41) is 2.61. The number of nitrogens with zero attached hydrogens (tertiary/aromatic N) is 1. The van der Waals surface area contributed by atoms with Gasteiger partial charge >= 0.3 is 0 Å². The molecule has 4 aromatic rings. The van der Waals surface area contributed by atoms with Gasteiger partial charge in [-0.1, -0.05) is 61.9 Å². The smallest absolute Gasteiger partial charge is 0.200 e. The van der Waals surface area contributed by atoms with Gasteiger partial charge in [0.05, 0.1) is 10.9 Å². The van der Waals surface area contributed by atoms with E-state index in [0.29, 0.717) is 0 Å². The van der Waals surface area contributed by atoms with Crippen molar-refractivity contribution in [3.8, 4) is 22.4 Å². The zero-order chi connectivity index (χ0) is 19.6.